The molecule has 0 aliphatic carbocycles. The lowest BCUT2D eigenvalue weighted by Crippen LogP contribution is -2.21. The van der Waals surface area contributed by atoms with Crippen LogP contribution in [0.3, 0.4) is 0 Å². The van der Waals surface area contributed by atoms with Gasteiger partial charge in [0.1, 0.15) is 0 Å². The fourth-order valence-electron chi connectivity index (χ4n) is 2.67. The van der Waals surface area contributed by atoms with Crippen molar-refractivity contribution in [1.82, 2.24) is 4.57 Å². The lowest BCUT2D eigenvalue weighted by molar-refractivity contribution is -0.116. The lowest BCUT2D eigenvalue weighted by atomic mass is 10.2. The fourth-order valence-corrected chi connectivity index (χ4v) is 3.13. The Morgan fingerprint density at radius 3 is 2.63 bits per heavy atom. The Morgan fingerprint density at radius 1 is 1.11 bits per heavy atom. The summed E-state index contributed by atoms with van der Waals surface area (Å²) in [5, 5.41) is 7.60. The summed E-state index contributed by atoms with van der Waals surface area (Å²) < 4.78 is 30.9. The van der Waals surface area contributed by atoms with Crippen LogP contribution < -0.4 is 20.9 Å². The van der Waals surface area contributed by atoms with E-state index >= 15 is 0 Å². The number of anilines is 2. The number of carbonyl (C=O) groups is 1. The molecule has 1 heterocycles. The quantitative estimate of drug-likeness (QED) is 0.563. The van der Waals surface area contributed by atoms with Crippen molar-refractivity contribution in [1.29, 1.82) is 0 Å². The van der Waals surface area contributed by atoms with E-state index in [-0.39, 0.29) is 18.0 Å². The molecule has 9 nitrogen and oxygen atoms in total. The second-order valence-corrected chi connectivity index (χ2v) is 7.16. The Balaban J connectivity index is 1.58. The van der Waals surface area contributed by atoms with Crippen LogP contribution in [0.25, 0.3) is 11.1 Å². The maximum atomic E-state index is 12.1. The van der Waals surface area contributed by atoms with Gasteiger partial charge in [0.15, 0.2) is 5.58 Å². The summed E-state index contributed by atoms with van der Waals surface area (Å²) in [4.78, 5) is 24.0. The van der Waals surface area contributed by atoms with Gasteiger partial charge in [0.25, 0.3) is 10.2 Å². The predicted octanol–water partition coefficient (Wildman–Crippen LogP) is 1.63. The van der Waals surface area contributed by atoms with Crippen LogP contribution in [0.1, 0.15) is 12.8 Å². The average molecular weight is 390 g/mol. The Labute approximate surface area is 155 Å². The van der Waals surface area contributed by atoms with Crippen molar-refractivity contribution in [2.45, 2.75) is 19.4 Å². The van der Waals surface area contributed by atoms with Crippen LogP contribution in [0.5, 0.6) is 0 Å². The SMILES string of the molecule is NS(=O)(=O)Nc1cccc(NC(=O)CCCn2c(=O)oc3ccccc32)c1. The summed E-state index contributed by atoms with van der Waals surface area (Å²) in [6, 6.07) is 13.3. The molecule has 4 N–H and O–H groups in total. The van der Waals surface area contributed by atoms with E-state index in [4.69, 9.17) is 9.56 Å². The summed E-state index contributed by atoms with van der Waals surface area (Å²) in [5.74, 6) is -0.720. The van der Waals surface area contributed by atoms with Crippen molar-refractivity contribution in [2.75, 3.05) is 10.0 Å². The number of hydrogen-bond donors (Lipinski definition) is 3. The predicted molar refractivity (Wildman–Crippen MR) is 102 cm³/mol. The number of fused-ring (bicyclic) bond motifs is 1. The number of nitrogens with zero attached hydrogens (tertiary/aromatic N) is 1. The molecule has 0 spiro atoms. The molecule has 3 rings (SSSR count). The van der Waals surface area contributed by atoms with Gasteiger partial charge < -0.3 is 9.73 Å². The topological polar surface area (TPSA) is 136 Å². The molecule has 0 radical (unpaired) electrons. The molecule has 0 aliphatic rings. The van der Waals surface area contributed by atoms with Gasteiger partial charge in [0, 0.05) is 18.7 Å². The van der Waals surface area contributed by atoms with Gasteiger partial charge in [-0.25, -0.2) is 9.93 Å². The minimum atomic E-state index is -3.89. The second-order valence-electron chi connectivity index (χ2n) is 5.87. The number of para-hydroxylation sites is 2. The van der Waals surface area contributed by atoms with Crippen LogP contribution >= 0.6 is 0 Å². The van der Waals surface area contributed by atoms with Gasteiger partial charge >= 0.3 is 5.76 Å². The second kappa shape index (κ2) is 7.64. The zero-order valence-electron chi connectivity index (χ0n) is 14.2. The van der Waals surface area contributed by atoms with Crippen molar-refractivity contribution < 1.29 is 17.6 Å². The van der Waals surface area contributed by atoms with Gasteiger partial charge in [-0.2, -0.15) is 8.42 Å². The number of carbonyl (C=O) groups excluding carboxylic acids is 1. The zero-order valence-corrected chi connectivity index (χ0v) is 15.0. The van der Waals surface area contributed by atoms with Gasteiger partial charge in [0.2, 0.25) is 5.91 Å². The highest BCUT2D eigenvalue weighted by atomic mass is 32.2. The molecule has 0 bridgehead atoms. The first-order valence-corrected chi connectivity index (χ1v) is 9.65. The van der Waals surface area contributed by atoms with Crippen molar-refractivity contribution in [3.63, 3.8) is 0 Å². The van der Waals surface area contributed by atoms with E-state index in [9.17, 15) is 18.0 Å². The summed E-state index contributed by atoms with van der Waals surface area (Å²) in [6.45, 7) is 0.344. The van der Waals surface area contributed by atoms with E-state index in [2.05, 4.69) is 10.0 Å². The molecule has 0 aliphatic heterocycles. The first-order valence-electron chi connectivity index (χ1n) is 8.11. The zero-order chi connectivity index (χ0) is 19.4. The Morgan fingerprint density at radius 2 is 1.85 bits per heavy atom. The number of aryl methyl sites for hydroxylation is 1. The molecule has 3 aromatic rings. The van der Waals surface area contributed by atoms with Gasteiger partial charge in [-0.15, -0.1) is 0 Å². The number of amides is 1. The first kappa shape index (κ1) is 18.7. The highest BCUT2D eigenvalue weighted by molar-refractivity contribution is 7.90. The number of benzene rings is 2. The lowest BCUT2D eigenvalue weighted by Gasteiger charge is -2.08. The molecule has 0 unspecified atom stereocenters. The van der Waals surface area contributed by atoms with Crippen LogP contribution in [-0.4, -0.2) is 18.9 Å². The highest BCUT2D eigenvalue weighted by Gasteiger charge is 2.10. The molecule has 10 heteroatoms. The highest BCUT2D eigenvalue weighted by Crippen LogP contribution is 2.16. The molecule has 142 valence electrons. The number of rotatable bonds is 7. The molecule has 2 aromatic carbocycles. The molecule has 1 aromatic heterocycles. The smallest absolute Gasteiger partial charge is 0.408 e. The first-order chi connectivity index (χ1) is 12.8. The van der Waals surface area contributed by atoms with Crippen LogP contribution in [0.15, 0.2) is 57.7 Å². The molecular formula is C17H18N4O5S. The van der Waals surface area contributed by atoms with Crippen molar-refractivity contribution in [2.24, 2.45) is 5.14 Å². The van der Waals surface area contributed by atoms with Crippen LogP contribution in [0.4, 0.5) is 11.4 Å². The van der Waals surface area contributed by atoms with E-state index < -0.39 is 16.0 Å². The van der Waals surface area contributed by atoms with Gasteiger partial charge in [-0.05, 0) is 36.8 Å². The third-order valence-electron chi connectivity index (χ3n) is 3.77. The van der Waals surface area contributed by atoms with Gasteiger partial charge in [-0.1, -0.05) is 18.2 Å². The van der Waals surface area contributed by atoms with Crippen molar-refractivity contribution in [3.8, 4) is 0 Å². The Bertz CT molecular complexity index is 1130. The van der Waals surface area contributed by atoms with Crippen LogP contribution in [0.2, 0.25) is 0 Å². The molecule has 0 saturated heterocycles. The minimum absolute atomic E-state index is 0.179. The normalized spacial score (nSPS) is 11.4. The van der Waals surface area contributed by atoms with E-state index in [1.165, 1.54) is 16.7 Å². The summed E-state index contributed by atoms with van der Waals surface area (Å²) in [6.07, 6.45) is 0.614. The third kappa shape index (κ3) is 4.96. The van der Waals surface area contributed by atoms with Gasteiger partial charge in [-0.3, -0.25) is 14.1 Å². The summed E-state index contributed by atoms with van der Waals surface area (Å²) in [5.41, 5.74) is 1.86. The summed E-state index contributed by atoms with van der Waals surface area (Å²) in [7, 11) is -3.89. The molecule has 1 amide bonds. The Kier molecular flexibility index (Phi) is 5.28. The third-order valence-corrected chi connectivity index (χ3v) is 4.29. The maximum absolute atomic E-state index is 12.1. The number of hydrogen-bond acceptors (Lipinski definition) is 5. The van der Waals surface area contributed by atoms with Crippen molar-refractivity contribution >= 4 is 38.6 Å². The summed E-state index contributed by atoms with van der Waals surface area (Å²) >= 11 is 0. The number of nitrogens with two attached hydrogens (primary N) is 1. The van der Waals surface area contributed by atoms with Crippen LogP contribution in [0, 0.1) is 0 Å². The molecule has 27 heavy (non-hydrogen) atoms. The fraction of sp³-hybridized carbons (Fsp3) is 0.176. The largest absolute Gasteiger partial charge is 0.419 e. The molecule has 0 atom stereocenters. The maximum Gasteiger partial charge on any atom is 0.419 e. The molecular weight excluding hydrogens is 372 g/mol. The van der Waals surface area contributed by atoms with Crippen molar-refractivity contribution in [3.05, 3.63) is 59.1 Å². The minimum Gasteiger partial charge on any atom is -0.408 e. The number of aromatic nitrogens is 1. The Hall–Kier alpha value is -3.11. The van der Waals surface area contributed by atoms with E-state index in [1.54, 1.807) is 30.3 Å². The van der Waals surface area contributed by atoms with E-state index in [0.29, 0.717) is 29.8 Å². The van der Waals surface area contributed by atoms with Crippen LogP contribution in [-0.2, 0) is 21.5 Å². The van der Waals surface area contributed by atoms with Gasteiger partial charge in [0.05, 0.1) is 11.2 Å². The van der Waals surface area contributed by atoms with E-state index in [1.807, 2.05) is 6.07 Å². The monoisotopic (exact) mass is 390 g/mol. The standard InChI is InChI=1S/C17H18N4O5S/c18-27(24,25)20-13-6-3-5-12(11-13)19-16(22)9-4-10-21-14-7-1-2-8-15(14)26-17(21)23/h1-3,5-8,11,20H,4,9-10H2,(H,19,22)(H2,18,24,25). The number of oxazole rings is 1. The molecule has 0 saturated carbocycles. The molecule has 0 fully saturated rings. The number of nitrogens with one attached hydrogen (secondary N) is 2. The average Bonchev–Trinajstić information content (AvgIpc) is 2.89. The van der Waals surface area contributed by atoms with E-state index in [0.717, 1.165) is 0 Å².